The molecule has 3 aromatic rings. The lowest BCUT2D eigenvalue weighted by Gasteiger charge is -2.12. The number of oxazole rings is 1. The molecule has 3 aromatic heterocycles. The molecular formula is C19H25N5O2S2. The first-order chi connectivity index (χ1) is 13.4. The van der Waals surface area contributed by atoms with Gasteiger partial charge in [-0.3, -0.25) is 0 Å². The molecule has 0 aliphatic heterocycles. The standard InChI is InChI=1S/C19H25N5O2S2/c1-19(2,3)14-10-22-16(26-14)12-27-17-11-23-18(28-17)24-15-5-4-13(9-21-15)8-20-6-7-25/h4-5,9-11,20,25H,6-8,12H2,1-3H3,(H,21,23,24). The molecule has 3 heterocycles. The smallest absolute Gasteiger partial charge is 0.204 e. The van der Waals surface area contributed by atoms with E-state index in [0.717, 1.165) is 32.4 Å². The molecule has 3 N–H and O–H groups in total. The predicted molar refractivity (Wildman–Crippen MR) is 113 cm³/mol. The van der Waals surface area contributed by atoms with Crippen LogP contribution in [0.3, 0.4) is 0 Å². The van der Waals surface area contributed by atoms with Gasteiger partial charge in [-0.15, -0.1) is 11.8 Å². The third-order valence-electron chi connectivity index (χ3n) is 3.79. The van der Waals surface area contributed by atoms with Crippen LogP contribution in [0.2, 0.25) is 0 Å². The molecule has 0 fully saturated rings. The van der Waals surface area contributed by atoms with E-state index in [1.807, 2.05) is 30.7 Å². The van der Waals surface area contributed by atoms with E-state index in [9.17, 15) is 0 Å². The molecular weight excluding hydrogens is 394 g/mol. The van der Waals surface area contributed by atoms with Crippen LogP contribution in [0.4, 0.5) is 10.9 Å². The van der Waals surface area contributed by atoms with Gasteiger partial charge in [-0.2, -0.15) is 0 Å². The lowest BCUT2D eigenvalue weighted by atomic mass is 9.94. The van der Waals surface area contributed by atoms with Crippen LogP contribution in [0.15, 0.2) is 39.3 Å². The number of nitrogens with zero attached hydrogens (tertiary/aromatic N) is 3. The topological polar surface area (TPSA) is 96.1 Å². The Morgan fingerprint density at radius 3 is 2.68 bits per heavy atom. The Labute approximate surface area is 173 Å². The molecule has 7 nitrogen and oxygen atoms in total. The van der Waals surface area contributed by atoms with Gasteiger partial charge in [0.25, 0.3) is 0 Å². The van der Waals surface area contributed by atoms with E-state index in [1.165, 1.54) is 0 Å². The summed E-state index contributed by atoms with van der Waals surface area (Å²) in [4.78, 5) is 13.2. The Balaban J connectivity index is 1.50. The second-order valence-electron chi connectivity index (χ2n) is 7.22. The quantitative estimate of drug-likeness (QED) is 0.354. The van der Waals surface area contributed by atoms with Gasteiger partial charge in [0.1, 0.15) is 11.6 Å². The van der Waals surface area contributed by atoms with Crippen molar-refractivity contribution in [2.24, 2.45) is 0 Å². The van der Waals surface area contributed by atoms with Crippen molar-refractivity contribution in [1.29, 1.82) is 0 Å². The van der Waals surface area contributed by atoms with Crippen LogP contribution in [0.1, 0.15) is 38.0 Å². The van der Waals surface area contributed by atoms with Crippen molar-refractivity contribution >= 4 is 34.0 Å². The number of aromatic nitrogens is 3. The molecule has 0 saturated carbocycles. The van der Waals surface area contributed by atoms with Crippen molar-refractivity contribution < 1.29 is 9.52 Å². The third kappa shape index (κ3) is 6.03. The van der Waals surface area contributed by atoms with Crippen molar-refractivity contribution in [3.8, 4) is 0 Å². The molecule has 0 atom stereocenters. The second kappa shape index (κ2) is 9.51. The molecule has 0 aromatic carbocycles. The number of thioether (sulfide) groups is 1. The Hall–Kier alpha value is -1.94. The van der Waals surface area contributed by atoms with Gasteiger partial charge in [-0.05, 0) is 11.6 Å². The van der Waals surface area contributed by atoms with Gasteiger partial charge in [0.05, 0.1) is 29.0 Å². The average Bonchev–Trinajstić information content (AvgIpc) is 3.31. The van der Waals surface area contributed by atoms with Crippen LogP contribution in [0.5, 0.6) is 0 Å². The van der Waals surface area contributed by atoms with E-state index < -0.39 is 0 Å². The Bertz CT molecular complexity index is 871. The summed E-state index contributed by atoms with van der Waals surface area (Å²) in [6.45, 7) is 7.72. The summed E-state index contributed by atoms with van der Waals surface area (Å²) in [5.74, 6) is 3.05. The van der Waals surface area contributed by atoms with Gasteiger partial charge in [-0.25, -0.2) is 15.0 Å². The van der Waals surface area contributed by atoms with Crippen LogP contribution in [-0.2, 0) is 17.7 Å². The fourth-order valence-electron chi connectivity index (χ4n) is 2.26. The van der Waals surface area contributed by atoms with E-state index in [-0.39, 0.29) is 12.0 Å². The van der Waals surface area contributed by atoms with Crippen LogP contribution in [0, 0.1) is 0 Å². The molecule has 0 amide bonds. The SMILES string of the molecule is CC(C)(C)c1cnc(CSc2cnc(Nc3ccc(CNCCO)cn3)s2)o1. The summed E-state index contributed by atoms with van der Waals surface area (Å²) in [5, 5.41) is 15.9. The van der Waals surface area contributed by atoms with Crippen LogP contribution >= 0.6 is 23.1 Å². The molecule has 28 heavy (non-hydrogen) atoms. The number of rotatable bonds is 9. The van der Waals surface area contributed by atoms with Gasteiger partial charge in [-0.1, -0.05) is 38.2 Å². The molecule has 0 spiro atoms. The zero-order valence-corrected chi connectivity index (χ0v) is 17.9. The maximum atomic E-state index is 8.79. The van der Waals surface area contributed by atoms with Gasteiger partial charge in [0.15, 0.2) is 5.13 Å². The maximum absolute atomic E-state index is 8.79. The van der Waals surface area contributed by atoms with Crippen molar-refractivity contribution in [1.82, 2.24) is 20.3 Å². The van der Waals surface area contributed by atoms with Gasteiger partial charge >= 0.3 is 0 Å². The molecule has 0 aliphatic rings. The molecule has 0 unspecified atom stereocenters. The molecule has 0 aliphatic carbocycles. The van der Waals surface area contributed by atoms with Crippen molar-refractivity contribution in [3.63, 3.8) is 0 Å². The van der Waals surface area contributed by atoms with E-state index in [2.05, 4.69) is 46.4 Å². The summed E-state index contributed by atoms with van der Waals surface area (Å²) < 4.78 is 6.91. The number of hydrogen-bond donors (Lipinski definition) is 3. The first-order valence-corrected chi connectivity index (χ1v) is 10.8. The fraction of sp³-hybridized carbons (Fsp3) is 0.421. The second-order valence-corrected chi connectivity index (χ2v) is 9.52. The lowest BCUT2D eigenvalue weighted by molar-refractivity contribution is 0.292. The van der Waals surface area contributed by atoms with Gasteiger partial charge < -0.3 is 20.2 Å². The number of aliphatic hydroxyl groups excluding tert-OH is 1. The molecule has 3 rings (SSSR count). The van der Waals surface area contributed by atoms with Crippen molar-refractivity contribution in [2.75, 3.05) is 18.5 Å². The normalized spacial score (nSPS) is 11.7. The van der Waals surface area contributed by atoms with E-state index >= 15 is 0 Å². The summed E-state index contributed by atoms with van der Waals surface area (Å²) in [5.41, 5.74) is 1.03. The van der Waals surface area contributed by atoms with E-state index in [4.69, 9.17) is 9.52 Å². The highest BCUT2D eigenvalue weighted by atomic mass is 32.2. The largest absolute Gasteiger partial charge is 0.444 e. The number of thiazole rings is 1. The highest BCUT2D eigenvalue weighted by Crippen LogP contribution is 2.32. The minimum absolute atomic E-state index is 0.0328. The van der Waals surface area contributed by atoms with Crippen molar-refractivity contribution in [3.05, 3.63) is 47.9 Å². The Kier molecular flexibility index (Phi) is 7.06. The van der Waals surface area contributed by atoms with Crippen LogP contribution in [0.25, 0.3) is 0 Å². The Morgan fingerprint density at radius 2 is 2.00 bits per heavy atom. The summed E-state index contributed by atoms with van der Waals surface area (Å²) in [7, 11) is 0. The predicted octanol–water partition coefficient (Wildman–Crippen LogP) is 3.94. The molecule has 0 saturated heterocycles. The first-order valence-electron chi connectivity index (χ1n) is 9.01. The van der Waals surface area contributed by atoms with E-state index in [1.54, 1.807) is 23.1 Å². The van der Waals surface area contributed by atoms with Crippen LogP contribution in [-0.4, -0.2) is 33.2 Å². The minimum Gasteiger partial charge on any atom is -0.444 e. The number of aliphatic hydroxyl groups is 1. The summed E-state index contributed by atoms with van der Waals surface area (Å²) >= 11 is 3.22. The lowest BCUT2D eigenvalue weighted by Crippen LogP contribution is -2.17. The Morgan fingerprint density at radius 1 is 1.14 bits per heavy atom. The van der Waals surface area contributed by atoms with Gasteiger partial charge in [0.2, 0.25) is 5.89 Å². The van der Waals surface area contributed by atoms with Crippen LogP contribution < -0.4 is 10.6 Å². The highest BCUT2D eigenvalue weighted by Gasteiger charge is 2.19. The zero-order valence-electron chi connectivity index (χ0n) is 16.2. The summed E-state index contributed by atoms with van der Waals surface area (Å²) in [6, 6.07) is 3.92. The zero-order chi connectivity index (χ0) is 20.0. The number of hydrogen-bond acceptors (Lipinski definition) is 9. The fourth-order valence-corrected chi connectivity index (χ4v) is 4.00. The van der Waals surface area contributed by atoms with Gasteiger partial charge in [0, 0.05) is 24.7 Å². The number of nitrogens with one attached hydrogen (secondary N) is 2. The third-order valence-corrected chi connectivity index (χ3v) is 5.88. The summed E-state index contributed by atoms with van der Waals surface area (Å²) in [6.07, 6.45) is 5.47. The monoisotopic (exact) mass is 419 g/mol. The molecule has 0 radical (unpaired) electrons. The number of anilines is 2. The maximum Gasteiger partial charge on any atom is 0.204 e. The van der Waals surface area contributed by atoms with Crippen molar-refractivity contribution in [2.45, 2.75) is 42.7 Å². The molecule has 0 bridgehead atoms. The highest BCUT2D eigenvalue weighted by molar-refractivity contribution is 8.00. The molecule has 9 heteroatoms. The average molecular weight is 420 g/mol. The number of pyridine rings is 1. The minimum atomic E-state index is -0.0328. The molecule has 150 valence electrons. The van der Waals surface area contributed by atoms with E-state index in [0.29, 0.717) is 18.8 Å². The first kappa shape index (κ1) is 20.8.